The monoisotopic (exact) mass is 298 g/mol. The first-order valence-corrected chi connectivity index (χ1v) is 6.66. The van der Waals surface area contributed by atoms with Crippen molar-refractivity contribution in [2.75, 3.05) is 7.11 Å². The lowest BCUT2D eigenvalue weighted by Gasteiger charge is -2.09. The van der Waals surface area contributed by atoms with Crippen LogP contribution in [0.5, 0.6) is 5.75 Å². The summed E-state index contributed by atoms with van der Waals surface area (Å²) in [5.74, 6) is 0.283. The van der Waals surface area contributed by atoms with Gasteiger partial charge in [-0.3, -0.25) is 14.8 Å². The lowest BCUT2D eigenvalue weighted by Crippen LogP contribution is -2.05. The van der Waals surface area contributed by atoms with Gasteiger partial charge in [0.2, 0.25) is 0 Å². The molecule has 0 spiro atoms. The molecule has 5 heteroatoms. The first kappa shape index (κ1) is 13.5. The van der Waals surface area contributed by atoms with Crippen LogP contribution < -0.4 is 4.74 Å². The SMILES string of the molecule is COc1ccc(Cl)cc1C(=O)c1cccc2nccnc12. The van der Waals surface area contributed by atoms with Gasteiger partial charge in [0.1, 0.15) is 5.75 Å². The quantitative estimate of drug-likeness (QED) is 0.694. The molecule has 0 N–H and O–H groups in total. The van der Waals surface area contributed by atoms with E-state index in [0.717, 1.165) is 0 Å². The Bertz CT molecular complexity index is 828. The molecule has 4 nitrogen and oxygen atoms in total. The number of carbonyl (C=O) groups excluding carboxylic acids is 1. The smallest absolute Gasteiger partial charge is 0.199 e. The highest BCUT2D eigenvalue weighted by molar-refractivity contribution is 6.31. The molecule has 21 heavy (non-hydrogen) atoms. The van der Waals surface area contributed by atoms with Crippen molar-refractivity contribution in [2.45, 2.75) is 0 Å². The number of hydrogen-bond donors (Lipinski definition) is 0. The number of ether oxygens (including phenoxy) is 1. The largest absolute Gasteiger partial charge is 0.496 e. The summed E-state index contributed by atoms with van der Waals surface area (Å²) in [7, 11) is 1.52. The zero-order chi connectivity index (χ0) is 14.8. The highest BCUT2D eigenvalue weighted by Crippen LogP contribution is 2.27. The zero-order valence-corrected chi connectivity index (χ0v) is 12.0. The van der Waals surface area contributed by atoms with Gasteiger partial charge >= 0.3 is 0 Å². The molecule has 0 aliphatic carbocycles. The standard InChI is InChI=1S/C16H11ClN2O2/c1-21-14-6-5-10(17)9-12(14)16(20)11-3-2-4-13-15(11)19-8-7-18-13/h2-9H,1H3. The number of methoxy groups -OCH3 is 1. The summed E-state index contributed by atoms with van der Waals surface area (Å²) in [6.07, 6.45) is 3.16. The minimum atomic E-state index is -0.194. The molecule has 2 aromatic carbocycles. The molecule has 0 aliphatic rings. The van der Waals surface area contributed by atoms with E-state index >= 15 is 0 Å². The van der Waals surface area contributed by atoms with E-state index in [2.05, 4.69) is 9.97 Å². The normalized spacial score (nSPS) is 10.6. The fraction of sp³-hybridized carbons (Fsp3) is 0.0625. The zero-order valence-electron chi connectivity index (χ0n) is 11.2. The van der Waals surface area contributed by atoms with Crippen molar-refractivity contribution >= 4 is 28.4 Å². The molecule has 0 atom stereocenters. The number of fused-ring (bicyclic) bond motifs is 1. The van der Waals surface area contributed by atoms with Gasteiger partial charge in [0.05, 0.1) is 29.3 Å². The van der Waals surface area contributed by atoms with Crippen LogP contribution in [0.3, 0.4) is 0 Å². The molecule has 0 bridgehead atoms. The number of carbonyl (C=O) groups is 1. The summed E-state index contributed by atoms with van der Waals surface area (Å²) in [5, 5.41) is 0.477. The summed E-state index contributed by atoms with van der Waals surface area (Å²) in [6.45, 7) is 0. The maximum atomic E-state index is 12.8. The van der Waals surface area contributed by atoms with Crippen LogP contribution >= 0.6 is 11.6 Å². The molecule has 3 aromatic rings. The Morgan fingerprint density at radius 3 is 2.71 bits per heavy atom. The average molecular weight is 299 g/mol. The number of hydrogen-bond acceptors (Lipinski definition) is 4. The number of benzene rings is 2. The van der Waals surface area contributed by atoms with E-state index in [4.69, 9.17) is 16.3 Å². The molecule has 104 valence electrons. The Hall–Kier alpha value is -2.46. The summed E-state index contributed by atoms with van der Waals surface area (Å²) in [4.78, 5) is 21.2. The van der Waals surface area contributed by atoms with Crippen molar-refractivity contribution < 1.29 is 9.53 Å². The van der Waals surface area contributed by atoms with Crippen LogP contribution in [0.25, 0.3) is 11.0 Å². The number of aromatic nitrogens is 2. The van der Waals surface area contributed by atoms with Crippen LogP contribution in [0.2, 0.25) is 5.02 Å². The molecule has 0 amide bonds. The number of halogens is 1. The summed E-state index contributed by atoms with van der Waals surface area (Å²) >= 11 is 5.99. The molecule has 0 fully saturated rings. The average Bonchev–Trinajstić information content (AvgIpc) is 2.53. The summed E-state index contributed by atoms with van der Waals surface area (Å²) in [6, 6.07) is 10.3. The first-order valence-electron chi connectivity index (χ1n) is 6.28. The topological polar surface area (TPSA) is 52.1 Å². The molecule has 1 aromatic heterocycles. The molecule has 0 aliphatic heterocycles. The van der Waals surface area contributed by atoms with Crippen LogP contribution in [-0.2, 0) is 0 Å². The third kappa shape index (κ3) is 2.45. The molecule has 3 rings (SSSR count). The van der Waals surface area contributed by atoms with E-state index in [9.17, 15) is 4.79 Å². The second kappa shape index (κ2) is 5.50. The summed E-state index contributed by atoms with van der Waals surface area (Å²) < 4.78 is 5.24. The van der Waals surface area contributed by atoms with Gasteiger partial charge in [-0.2, -0.15) is 0 Å². The second-order valence-corrected chi connectivity index (χ2v) is 4.84. The number of nitrogens with zero attached hydrogens (tertiary/aromatic N) is 2. The summed E-state index contributed by atoms with van der Waals surface area (Å²) in [5.41, 5.74) is 2.11. The number of ketones is 1. The second-order valence-electron chi connectivity index (χ2n) is 4.40. The van der Waals surface area contributed by atoms with Crippen molar-refractivity contribution in [3.63, 3.8) is 0 Å². The van der Waals surface area contributed by atoms with Gasteiger partial charge < -0.3 is 4.74 Å². The van der Waals surface area contributed by atoms with E-state index < -0.39 is 0 Å². The Morgan fingerprint density at radius 1 is 1.10 bits per heavy atom. The maximum absolute atomic E-state index is 12.8. The lowest BCUT2D eigenvalue weighted by molar-refractivity contribution is 0.103. The Morgan fingerprint density at radius 2 is 1.90 bits per heavy atom. The van der Waals surface area contributed by atoms with Crippen molar-refractivity contribution in [1.29, 1.82) is 0 Å². The van der Waals surface area contributed by atoms with Gasteiger partial charge in [-0.05, 0) is 30.3 Å². The van der Waals surface area contributed by atoms with Gasteiger partial charge in [-0.25, -0.2) is 0 Å². The van der Waals surface area contributed by atoms with Gasteiger partial charge in [0.15, 0.2) is 5.78 Å². The van der Waals surface area contributed by atoms with Gasteiger partial charge in [0, 0.05) is 17.4 Å². The van der Waals surface area contributed by atoms with Gasteiger partial charge in [0.25, 0.3) is 0 Å². The van der Waals surface area contributed by atoms with Gasteiger partial charge in [-0.1, -0.05) is 17.7 Å². The van der Waals surface area contributed by atoms with Crippen molar-refractivity contribution in [3.05, 3.63) is 64.9 Å². The first-order chi connectivity index (χ1) is 10.2. The van der Waals surface area contributed by atoms with Gasteiger partial charge in [-0.15, -0.1) is 0 Å². The number of para-hydroxylation sites is 1. The third-order valence-electron chi connectivity index (χ3n) is 3.15. The molecule has 0 saturated carbocycles. The molecular formula is C16H11ClN2O2. The highest BCUT2D eigenvalue weighted by Gasteiger charge is 2.18. The number of rotatable bonds is 3. The van der Waals surface area contributed by atoms with Crippen LogP contribution in [0.15, 0.2) is 48.8 Å². The maximum Gasteiger partial charge on any atom is 0.199 e. The molecule has 0 unspecified atom stereocenters. The van der Waals surface area contributed by atoms with Crippen molar-refractivity contribution in [1.82, 2.24) is 9.97 Å². The van der Waals surface area contributed by atoms with E-state index in [0.29, 0.717) is 32.9 Å². The van der Waals surface area contributed by atoms with Crippen LogP contribution in [0.4, 0.5) is 0 Å². The Balaban J connectivity index is 2.20. The van der Waals surface area contributed by atoms with E-state index in [1.54, 1.807) is 42.7 Å². The van der Waals surface area contributed by atoms with Crippen molar-refractivity contribution in [3.8, 4) is 5.75 Å². The van der Waals surface area contributed by atoms with E-state index in [1.165, 1.54) is 7.11 Å². The minimum absolute atomic E-state index is 0.194. The highest BCUT2D eigenvalue weighted by atomic mass is 35.5. The fourth-order valence-electron chi connectivity index (χ4n) is 2.18. The van der Waals surface area contributed by atoms with Crippen LogP contribution in [0.1, 0.15) is 15.9 Å². The Kier molecular flexibility index (Phi) is 3.54. The minimum Gasteiger partial charge on any atom is -0.496 e. The Labute approximate surface area is 126 Å². The van der Waals surface area contributed by atoms with Crippen molar-refractivity contribution in [2.24, 2.45) is 0 Å². The van der Waals surface area contributed by atoms with E-state index in [-0.39, 0.29) is 5.78 Å². The fourth-order valence-corrected chi connectivity index (χ4v) is 2.35. The van der Waals surface area contributed by atoms with Crippen LogP contribution in [-0.4, -0.2) is 22.9 Å². The lowest BCUT2D eigenvalue weighted by atomic mass is 10.0. The van der Waals surface area contributed by atoms with E-state index in [1.807, 2.05) is 6.07 Å². The van der Waals surface area contributed by atoms with Crippen LogP contribution in [0, 0.1) is 0 Å². The molecule has 1 heterocycles. The predicted octanol–water partition coefficient (Wildman–Crippen LogP) is 3.52. The predicted molar refractivity (Wildman–Crippen MR) is 81.0 cm³/mol. The molecule has 0 saturated heterocycles. The third-order valence-corrected chi connectivity index (χ3v) is 3.38. The molecular weight excluding hydrogens is 288 g/mol. The molecule has 0 radical (unpaired) electrons.